The molecule has 0 saturated carbocycles. The summed E-state index contributed by atoms with van der Waals surface area (Å²) in [7, 11) is 3.47. The fraction of sp³-hybridized carbons (Fsp3) is 0.269. The lowest BCUT2D eigenvalue weighted by Gasteiger charge is -2.33. The van der Waals surface area contributed by atoms with Gasteiger partial charge in [0.25, 0.3) is 0 Å². The van der Waals surface area contributed by atoms with Crippen LogP contribution in [-0.4, -0.2) is 42.0 Å². The summed E-state index contributed by atoms with van der Waals surface area (Å²) in [6, 6.07) is 15.7. The van der Waals surface area contributed by atoms with Gasteiger partial charge in [-0.2, -0.15) is 0 Å². The largest absolute Gasteiger partial charge is 0.469 e. The quantitative estimate of drug-likeness (QED) is 0.448. The van der Waals surface area contributed by atoms with E-state index in [0.29, 0.717) is 12.4 Å². The third-order valence-corrected chi connectivity index (χ3v) is 5.84. The number of allylic oxidation sites excluding steroid dienone is 1. The zero-order valence-electron chi connectivity index (χ0n) is 19.4. The van der Waals surface area contributed by atoms with E-state index in [-0.39, 0.29) is 17.7 Å². The lowest BCUT2D eigenvalue weighted by Crippen LogP contribution is -2.43. The van der Waals surface area contributed by atoms with Gasteiger partial charge in [0.15, 0.2) is 0 Å². The fourth-order valence-corrected chi connectivity index (χ4v) is 4.06. The number of aryl methyl sites for hydroxylation is 1. The van der Waals surface area contributed by atoms with Gasteiger partial charge in [-0.15, -0.1) is 0 Å². The molecule has 0 radical (unpaired) electrons. The van der Waals surface area contributed by atoms with Crippen LogP contribution >= 0.6 is 0 Å². The van der Waals surface area contributed by atoms with Crippen molar-refractivity contribution < 1.29 is 4.74 Å². The van der Waals surface area contributed by atoms with Crippen molar-refractivity contribution >= 4 is 17.5 Å². The van der Waals surface area contributed by atoms with E-state index in [1.807, 2.05) is 36.5 Å². The lowest BCUT2D eigenvalue weighted by atomic mass is 9.99. The van der Waals surface area contributed by atoms with Crippen molar-refractivity contribution in [3.63, 3.8) is 0 Å². The predicted molar refractivity (Wildman–Crippen MR) is 136 cm³/mol. The van der Waals surface area contributed by atoms with Crippen molar-refractivity contribution in [2.75, 3.05) is 25.5 Å². The Morgan fingerprint density at radius 3 is 2.91 bits per heavy atom. The van der Waals surface area contributed by atoms with Crippen LogP contribution < -0.4 is 26.7 Å². The molecule has 0 aliphatic carbocycles. The van der Waals surface area contributed by atoms with Crippen LogP contribution in [0.1, 0.15) is 22.7 Å². The van der Waals surface area contributed by atoms with Gasteiger partial charge in [0.05, 0.1) is 18.3 Å². The molecule has 3 aromatic rings. The molecule has 0 bridgehead atoms. The summed E-state index contributed by atoms with van der Waals surface area (Å²) in [5.74, 6) is 0.561. The highest BCUT2D eigenvalue weighted by atomic mass is 16.5. The molecule has 2 aromatic heterocycles. The average Bonchev–Trinajstić information content (AvgIpc) is 2.87. The highest BCUT2D eigenvalue weighted by Crippen LogP contribution is 2.32. The Balaban J connectivity index is 1.50. The van der Waals surface area contributed by atoms with E-state index in [1.54, 1.807) is 37.1 Å². The molecule has 0 fully saturated rings. The lowest BCUT2D eigenvalue weighted by molar-refractivity contribution is 0.150. The van der Waals surface area contributed by atoms with Gasteiger partial charge in [-0.05, 0) is 30.2 Å². The molecule has 1 aliphatic heterocycles. The molecular weight excluding hydrogens is 428 g/mol. The van der Waals surface area contributed by atoms with Crippen LogP contribution in [0.4, 0.5) is 5.69 Å². The number of aromatic nitrogens is 2. The van der Waals surface area contributed by atoms with Gasteiger partial charge in [-0.1, -0.05) is 36.4 Å². The van der Waals surface area contributed by atoms with Gasteiger partial charge in [0, 0.05) is 56.1 Å². The minimum absolute atomic E-state index is 0.00840. The maximum absolute atomic E-state index is 11.7. The van der Waals surface area contributed by atoms with Crippen LogP contribution in [0, 0.1) is 0 Å². The van der Waals surface area contributed by atoms with Crippen molar-refractivity contribution in [3.8, 4) is 5.88 Å². The van der Waals surface area contributed by atoms with Gasteiger partial charge in [0.1, 0.15) is 6.10 Å². The Bertz CT molecular complexity index is 1240. The van der Waals surface area contributed by atoms with E-state index < -0.39 is 0 Å². The Kier molecular flexibility index (Phi) is 7.39. The van der Waals surface area contributed by atoms with Gasteiger partial charge in [0.2, 0.25) is 11.4 Å². The van der Waals surface area contributed by atoms with Crippen molar-refractivity contribution in [1.82, 2.24) is 14.9 Å². The van der Waals surface area contributed by atoms with E-state index in [9.17, 15) is 4.79 Å². The van der Waals surface area contributed by atoms with E-state index in [1.165, 1.54) is 6.20 Å². The molecule has 2 atom stereocenters. The Morgan fingerprint density at radius 1 is 1.35 bits per heavy atom. The topological polar surface area (TPSA) is 107 Å². The zero-order valence-corrected chi connectivity index (χ0v) is 19.4. The second-order valence-corrected chi connectivity index (χ2v) is 8.20. The van der Waals surface area contributed by atoms with E-state index in [0.717, 1.165) is 40.9 Å². The molecule has 1 aliphatic rings. The molecule has 1 aromatic carbocycles. The van der Waals surface area contributed by atoms with Crippen molar-refractivity contribution in [3.05, 3.63) is 94.2 Å². The van der Waals surface area contributed by atoms with Crippen molar-refractivity contribution in [2.45, 2.75) is 18.6 Å². The number of nitrogens with two attached hydrogens (primary N) is 1. The molecule has 4 N–H and O–H groups in total. The summed E-state index contributed by atoms with van der Waals surface area (Å²) >= 11 is 0. The first-order valence-corrected chi connectivity index (χ1v) is 11.3. The summed E-state index contributed by atoms with van der Waals surface area (Å²) < 4.78 is 7.95. The molecule has 34 heavy (non-hydrogen) atoms. The summed E-state index contributed by atoms with van der Waals surface area (Å²) in [5.41, 5.74) is 10.5. The number of hydrogen-bond donors (Lipinski definition) is 3. The standard InChI is InChI=1S/C26H30N6O2/c1-28-14-21(13-27)20-12-22-26(31-15-20)34-23(16-30-22)25(19-6-4-3-5-7-19)29-11-10-18-8-9-24(33)32(2)17-18/h3-9,12-15,17,23,25,29-30H,10-11,16,27H2,1-2H3/b21-13+,28-14?/t23-,25+/m0/s1. The number of pyridine rings is 2. The van der Waals surface area contributed by atoms with Crippen LogP contribution in [0.15, 0.2) is 76.9 Å². The minimum Gasteiger partial charge on any atom is -0.469 e. The second-order valence-electron chi connectivity index (χ2n) is 8.20. The Labute approximate surface area is 199 Å². The summed E-state index contributed by atoms with van der Waals surface area (Å²) in [4.78, 5) is 20.2. The summed E-state index contributed by atoms with van der Waals surface area (Å²) in [6.45, 7) is 1.35. The van der Waals surface area contributed by atoms with Crippen LogP contribution in [0.2, 0.25) is 0 Å². The highest BCUT2D eigenvalue weighted by molar-refractivity contribution is 6.09. The number of anilines is 1. The normalized spacial score (nSPS) is 16.5. The summed E-state index contributed by atoms with van der Waals surface area (Å²) in [6.07, 6.45) is 7.48. The number of ether oxygens (including phenoxy) is 1. The smallest absolute Gasteiger partial charge is 0.250 e. The molecular formula is C26H30N6O2. The molecule has 4 rings (SSSR count). The average molecular weight is 459 g/mol. The number of benzene rings is 1. The number of fused-ring (bicyclic) bond motifs is 1. The minimum atomic E-state index is -0.157. The van der Waals surface area contributed by atoms with Crippen LogP contribution in [0.25, 0.3) is 5.57 Å². The fourth-order valence-electron chi connectivity index (χ4n) is 4.06. The number of nitrogens with one attached hydrogen (secondary N) is 2. The molecule has 0 saturated heterocycles. The van der Waals surface area contributed by atoms with Gasteiger partial charge < -0.3 is 25.7 Å². The van der Waals surface area contributed by atoms with Crippen LogP contribution in [0.3, 0.4) is 0 Å². The van der Waals surface area contributed by atoms with Gasteiger partial charge in [-0.3, -0.25) is 9.79 Å². The van der Waals surface area contributed by atoms with Gasteiger partial charge >= 0.3 is 0 Å². The van der Waals surface area contributed by atoms with Crippen molar-refractivity contribution in [1.29, 1.82) is 0 Å². The Morgan fingerprint density at radius 2 is 2.18 bits per heavy atom. The number of hydrogen-bond acceptors (Lipinski definition) is 7. The number of nitrogens with zero attached hydrogens (tertiary/aromatic N) is 3. The molecule has 8 heteroatoms. The molecule has 176 valence electrons. The summed E-state index contributed by atoms with van der Waals surface area (Å²) in [5, 5.41) is 7.12. The number of aliphatic imine (C=N–C) groups is 1. The molecule has 0 spiro atoms. The first-order valence-electron chi connectivity index (χ1n) is 11.3. The zero-order chi connectivity index (χ0) is 23.9. The van der Waals surface area contributed by atoms with Crippen LogP contribution in [-0.2, 0) is 13.5 Å². The third-order valence-electron chi connectivity index (χ3n) is 5.84. The SMILES string of the molecule is CN=C/C(=C\N)c1cnc2c(c1)NC[C@@H]([C@H](NCCc1ccc(=O)n(C)c1)c1ccccc1)O2. The highest BCUT2D eigenvalue weighted by Gasteiger charge is 2.29. The molecule has 3 heterocycles. The maximum atomic E-state index is 11.7. The monoisotopic (exact) mass is 458 g/mol. The first kappa shape index (κ1) is 23.3. The second kappa shape index (κ2) is 10.8. The number of rotatable bonds is 8. The van der Waals surface area contributed by atoms with Crippen LogP contribution in [0.5, 0.6) is 5.88 Å². The maximum Gasteiger partial charge on any atom is 0.250 e. The van der Waals surface area contributed by atoms with E-state index in [4.69, 9.17) is 10.5 Å². The molecule has 8 nitrogen and oxygen atoms in total. The molecule has 0 unspecified atom stereocenters. The van der Waals surface area contributed by atoms with E-state index >= 15 is 0 Å². The predicted octanol–water partition coefficient (Wildman–Crippen LogP) is 2.53. The van der Waals surface area contributed by atoms with Gasteiger partial charge in [-0.25, -0.2) is 4.98 Å². The van der Waals surface area contributed by atoms with E-state index in [2.05, 4.69) is 32.7 Å². The first-order chi connectivity index (χ1) is 16.6. The van der Waals surface area contributed by atoms with Crippen molar-refractivity contribution in [2.24, 2.45) is 17.8 Å². The molecule has 0 amide bonds. The Hall–Kier alpha value is -3.91. The third kappa shape index (κ3) is 5.35.